The van der Waals surface area contributed by atoms with E-state index in [0.717, 1.165) is 0 Å². The second kappa shape index (κ2) is 6.86. The molecule has 1 aromatic rings. The molecular formula is C13H21N3O2. The van der Waals surface area contributed by atoms with E-state index in [1.165, 1.54) is 0 Å². The standard InChI is InChI=1S/C13H21N3O2/c1-3-10(17)8-16-12-7-9(5-6-11(12)14)13(18)15-4-2/h5-7,10,16-17H,3-4,8,14H2,1-2H3,(H,15,18). The van der Waals surface area contributed by atoms with E-state index in [9.17, 15) is 9.90 Å². The highest BCUT2D eigenvalue weighted by atomic mass is 16.3. The van der Waals surface area contributed by atoms with Gasteiger partial charge in [0, 0.05) is 18.7 Å². The summed E-state index contributed by atoms with van der Waals surface area (Å²) >= 11 is 0. The number of carbonyl (C=O) groups excluding carboxylic acids is 1. The monoisotopic (exact) mass is 251 g/mol. The van der Waals surface area contributed by atoms with Crippen molar-refractivity contribution in [3.8, 4) is 0 Å². The summed E-state index contributed by atoms with van der Waals surface area (Å²) in [5.74, 6) is -0.128. The van der Waals surface area contributed by atoms with Gasteiger partial charge in [-0.3, -0.25) is 4.79 Å². The third-order valence-electron chi connectivity index (χ3n) is 2.65. The van der Waals surface area contributed by atoms with Crippen LogP contribution in [0.15, 0.2) is 18.2 Å². The second-order valence-electron chi connectivity index (χ2n) is 4.10. The van der Waals surface area contributed by atoms with E-state index in [1.54, 1.807) is 18.2 Å². The summed E-state index contributed by atoms with van der Waals surface area (Å²) in [6.07, 6.45) is 0.251. The number of hydrogen-bond donors (Lipinski definition) is 4. The van der Waals surface area contributed by atoms with Gasteiger partial charge in [-0.15, -0.1) is 0 Å². The molecule has 1 atom stereocenters. The maximum atomic E-state index is 11.7. The summed E-state index contributed by atoms with van der Waals surface area (Å²) in [5.41, 5.74) is 7.60. The van der Waals surface area contributed by atoms with E-state index in [1.807, 2.05) is 13.8 Å². The Morgan fingerprint density at radius 2 is 2.17 bits per heavy atom. The number of benzene rings is 1. The zero-order chi connectivity index (χ0) is 13.5. The first-order chi connectivity index (χ1) is 8.58. The van der Waals surface area contributed by atoms with E-state index in [4.69, 9.17) is 5.73 Å². The van der Waals surface area contributed by atoms with E-state index >= 15 is 0 Å². The van der Waals surface area contributed by atoms with Crippen molar-refractivity contribution in [2.24, 2.45) is 0 Å². The summed E-state index contributed by atoms with van der Waals surface area (Å²) in [7, 11) is 0. The van der Waals surface area contributed by atoms with Gasteiger partial charge < -0.3 is 21.5 Å². The number of nitrogens with one attached hydrogen (secondary N) is 2. The molecule has 5 nitrogen and oxygen atoms in total. The number of carbonyl (C=O) groups is 1. The SMILES string of the molecule is CCNC(=O)c1ccc(N)c(NCC(O)CC)c1. The van der Waals surface area contributed by atoms with Gasteiger partial charge in [-0.25, -0.2) is 0 Å². The van der Waals surface area contributed by atoms with Gasteiger partial charge >= 0.3 is 0 Å². The molecule has 0 bridgehead atoms. The van der Waals surface area contributed by atoms with Crippen LogP contribution in [-0.2, 0) is 0 Å². The highest BCUT2D eigenvalue weighted by Gasteiger charge is 2.08. The predicted octanol–water partition coefficient (Wildman–Crippen LogP) is 1.20. The zero-order valence-corrected chi connectivity index (χ0v) is 10.9. The minimum absolute atomic E-state index is 0.128. The molecule has 0 fully saturated rings. The molecule has 0 spiro atoms. The molecule has 0 aliphatic heterocycles. The van der Waals surface area contributed by atoms with Crippen molar-refractivity contribution in [3.63, 3.8) is 0 Å². The van der Waals surface area contributed by atoms with Crippen LogP contribution in [0.2, 0.25) is 0 Å². The van der Waals surface area contributed by atoms with E-state index < -0.39 is 6.10 Å². The summed E-state index contributed by atoms with van der Waals surface area (Å²) < 4.78 is 0. The van der Waals surface area contributed by atoms with Crippen LogP contribution < -0.4 is 16.4 Å². The fourth-order valence-corrected chi connectivity index (χ4v) is 1.49. The third kappa shape index (κ3) is 3.92. The molecule has 0 heterocycles. The Labute approximate surface area is 107 Å². The van der Waals surface area contributed by atoms with Crippen LogP contribution in [0.25, 0.3) is 0 Å². The van der Waals surface area contributed by atoms with Crippen LogP contribution in [-0.4, -0.2) is 30.2 Å². The molecule has 1 unspecified atom stereocenters. The molecule has 18 heavy (non-hydrogen) atoms. The summed E-state index contributed by atoms with van der Waals surface area (Å²) in [5, 5.41) is 15.3. The number of aliphatic hydroxyl groups is 1. The van der Waals surface area contributed by atoms with Crippen molar-refractivity contribution in [1.82, 2.24) is 5.32 Å². The lowest BCUT2D eigenvalue weighted by atomic mass is 10.1. The average molecular weight is 251 g/mol. The molecule has 1 amide bonds. The molecule has 0 aromatic heterocycles. The Kier molecular flexibility index (Phi) is 5.45. The fourth-order valence-electron chi connectivity index (χ4n) is 1.49. The Morgan fingerprint density at radius 3 is 2.78 bits per heavy atom. The molecule has 0 aliphatic carbocycles. The normalized spacial score (nSPS) is 11.9. The van der Waals surface area contributed by atoms with Crippen LogP contribution >= 0.6 is 0 Å². The average Bonchev–Trinajstić information content (AvgIpc) is 2.37. The number of nitrogens with two attached hydrogens (primary N) is 1. The van der Waals surface area contributed by atoms with Gasteiger partial charge in [0.25, 0.3) is 5.91 Å². The molecule has 0 saturated heterocycles. The Balaban J connectivity index is 2.78. The number of rotatable bonds is 6. The maximum absolute atomic E-state index is 11.7. The molecule has 0 radical (unpaired) electrons. The van der Waals surface area contributed by atoms with Crippen LogP contribution in [0, 0.1) is 0 Å². The van der Waals surface area contributed by atoms with Crippen LogP contribution in [0.5, 0.6) is 0 Å². The predicted molar refractivity (Wildman–Crippen MR) is 73.6 cm³/mol. The van der Waals surface area contributed by atoms with Crippen molar-refractivity contribution < 1.29 is 9.90 Å². The first-order valence-corrected chi connectivity index (χ1v) is 6.18. The number of anilines is 2. The lowest BCUT2D eigenvalue weighted by Gasteiger charge is -2.13. The molecule has 5 heteroatoms. The minimum atomic E-state index is -0.419. The number of amides is 1. The van der Waals surface area contributed by atoms with Crippen molar-refractivity contribution in [2.45, 2.75) is 26.4 Å². The molecule has 1 rings (SSSR count). The Hall–Kier alpha value is -1.75. The quantitative estimate of drug-likeness (QED) is 0.572. The molecule has 100 valence electrons. The Bertz CT molecular complexity index is 407. The van der Waals surface area contributed by atoms with Gasteiger partial charge in [-0.2, -0.15) is 0 Å². The van der Waals surface area contributed by atoms with Gasteiger partial charge in [-0.05, 0) is 31.5 Å². The second-order valence-corrected chi connectivity index (χ2v) is 4.10. The van der Waals surface area contributed by atoms with Crippen LogP contribution in [0.3, 0.4) is 0 Å². The number of hydrogen-bond acceptors (Lipinski definition) is 4. The van der Waals surface area contributed by atoms with Crippen LogP contribution in [0.4, 0.5) is 11.4 Å². The number of nitrogen functional groups attached to an aromatic ring is 1. The molecule has 0 aliphatic rings. The lowest BCUT2D eigenvalue weighted by Crippen LogP contribution is -2.23. The topological polar surface area (TPSA) is 87.4 Å². The molecule has 1 aromatic carbocycles. The molecule has 5 N–H and O–H groups in total. The van der Waals surface area contributed by atoms with Gasteiger partial charge in [0.15, 0.2) is 0 Å². The molecular weight excluding hydrogens is 230 g/mol. The van der Waals surface area contributed by atoms with Crippen molar-refractivity contribution >= 4 is 17.3 Å². The summed E-state index contributed by atoms with van der Waals surface area (Å²) in [4.78, 5) is 11.7. The summed E-state index contributed by atoms with van der Waals surface area (Å²) in [6.45, 7) is 4.77. The minimum Gasteiger partial charge on any atom is -0.397 e. The fraction of sp³-hybridized carbons (Fsp3) is 0.462. The van der Waals surface area contributed by atoms with Crippen molar-refractivity contribution in [1.29, 1.82) is 0 Å². The van der Waals surface area contributed by atoms with Gasteiger partial charge in [0.2, 0.25) is 0 Å². The first-order valence-electron chi connectivity index (χ1n) is 6.18. The van der Waals surface area contributed by atoms with Crippen LogP contribution in [0.1, 0.15) is 30.6 Å². The van der Waals surface area contributed by atoms with Crippen molar-refractivity contribution in [3.05, 3.63) is 23.8 Å². The zero-order valence-electron chi connectivity index (χ0n) is 10.9. The van der Waals surface area contributed by atoms with E-state index in [0.29, 0.717) is 36.4 Å². The maximum Gasteiger partial charge on any atom is 0.251 e. The third-order valence-corrected chi connectivity index (χ3v) is 2.65. The highest BCUT2D eigenvalue weighted by Crippen LogP contribution is 2.20. The van der Waals surface area contributed by atoms with Crippen molar-refractivity contribution in [2.75, 3.05) is 24.1 Å². The smallest absolute Gasteiger partial charge is 0.251 e. The first kappa shape index (κ1) is 14.3. The highest BCUT2D eigenvalue weighted by molar-refractivity contribution is 5.96. The van der Waals surface area contributed by atoms with Gasteiger partial charge in [-0.1, -0.05) is 6.92 Å². The van der Waals surface area contributed by atoms with Gasteiger partial charge in [0.1, 0.15) is 0 Å². The van der Waals surface area contributed by atoms with E-state index in [-0.39, 0.29) is 5.91 Å². The van der Waals surface area contributed by atoms with Gasteiger partial charge in [0.05, 0.1) is 17.5 Å². The molecule has 0 saturated carbocycles. The lowest BCUT2D eigenvalue weighted by molar-refractivity contribution is 0.0956. The Morgan fingerprint density at radius 1 is 1.44 bits per heavy atom. The van der Waals surface area contributed by atoms with E-state index in [2.05, 4.69) is 10.6 Å². The largest absolute Gasteiger partial charge is 0.397 e. The number of aliphatic hydroxyl groups excluding tert-OH is 1. The summed E-state index contributed by atoms with van der Waals surface area (Å²) in [6, 6.07) is 5.07.